The van der Waals surface area contributed by atoms with Crippen LogP contribution in [0.1, 0.15) is 5.56 Å². The lowest BCUT2D eigenvalue weighted by molar-refractivity contribution is -0.115. The van der Waals surface area contributed by atoms with E-state index in [1.165, 1.54) is 11.5 Å². The molecule has 1 N–H and O–H groups in total. The molecule has 0 saturated heterocycles. The molecule has 23 heavy (non-hydrogen) atoms. The van der Waals surface area contributed by atoms with Gasteiger partial charge in [0.1, 0.15) is 5.75 Å². The minimum absolute atomic E-state index is 0.120. The first kappa shape index (κ1) is 15.2. The fourth-order valence-corrected chi connectivity index (χ4v) is 2.68. The Balaban J connectivity index is 1.63. The predicted molar refractivity (Wildman–Crippen MR) is 90.7 cm³/mol. The average Bonchev–Trinajstić information content (AvgIpc) is 3.04. The van der Waals surface area contributed by atoms with E-state index in [-0.39, 0.29) is 12.3 Å². The molecule has 0 radical (unpaired) electrons. The number of methoxy groups -OCH3 is 1. The highest BCUT2D eigenvalue weighted by molar-refractivity contribution is 7.10. The van der Waals surface area contributed by atoms with E-state index in [9.17, 15) is 4.79 Å². The lowest BCUT2D eigenvalue weighted by atomic mass is 10.1. The largest absolute Gasteiger partial charge is 0.497 e. The Bertz CT molecular complexity index is 785. The van der Waals surface area contributed by atoms with Crippen molar-refractivity contribution in [3.8, 4) is 17.1 Å². The van der Waals surface area contributed by atoms with Gasteiger partial charge in [0.25, 0.3) is 0 Å². The summed E-state index contributed by atoms with van der Waals surface area (Å²) in [6, 6.07) is 17.1. The second kappa shape index (κ2) is 7.02. The number of aromatic nitrogens is 2. The molecule has 0 unspecified atom stereocenters. The zero-order valence-electron chi connectivity index (χ0n) is 12.5. The number of hydrogen-bond donors (Lipinski definition) is 1. The number of carbonyl (C=O) groups excluding carboxylic acids is 1. The van der Waals surface area contributed by atoms with Crippen LogP contribution in [0.3, 0.4) is 0 Å². The number of hydrogen-bond acceptors (Lipinski definition) is 5. The van der Waals surface area contributed by atoms with E-state index in [2.05, 4.69) is 14.7 Å². The summed E-state index contributed by atoms with van der Waals surface area (Å²) in [5.41, 5.74) is 1.84. The van der Waals surface area contributed by atoms with Gasteiger partial charge in [0.05, 0.1) is 13.5 Å². The van der Waals surface area contributed by atoms with E-state index in [0.29, 0.717) is 11.0 Å². The molecule has 116 valence electrons. The first-order chi connectivity index (χ1) is 11.2. The van der Waals surface area contributed by atoms with E-state index < -0.39 is 0 Å². The van der Waals surface area contributed by atoms with Crippen LogP contribution in [0, 0.1) is 0 Å². The van der Waals surface area contributed by atoms with Crippen LogP contribution in [0.4, 0.5) is 5.13 Å². The van der Waals surface area contributed by atoms with Crippen LogP contribution in [-0.4, -0.2) is 22.4 Å². The lowest BCUT2D eigenvalue weighted by Gasteiger charge is -2.03. The van der Waals surface area contributed by atoms with Crippen molar-refractivity contribution in [2.75, 3.05) is 12.4 Å². The zero-order chi connectivity index (χ0) is 16.1. The highest BCUT2D eigenvalue weighted by atomic mass is 32.1. The quantitative estimate of drug-likeness (QED) is 0.781. The van der Waals surface area contributed by atoms with Crippen molar-refractivity contribution in [1.29, 1.82) is 0 Å². The minimum Gasteiger partial charge on any atom is -0.497 e. The van der Waals surface area contributed by atoms with E-state index >= 15 is 0 Å². The Labute approximate surface area is 138 Å². The molecule has 3 rings (SSSR count). The number of nitrogens with one attached hydrogen (secondary N) is 1. The highest BCUT2D eigenvalue weighted by Crippen LogP contribution is 2.21. The molecule has 1 aromatic heterocycles. The van der Waals surface area contributed by atoms with E-state index in [1.54, 1.807) is 7.11 Å². The number of benzene rings is 2. The van der Waals surface area contributed by atoms with Gasteiger partial charge in [0.15, 0.2) is 5.82 Å². The van der Waals surface area contributed by atoms with Gasteiger partial charge in [0.2, 0.25) is 11.0 Å². The van der Waals surface area contributed by atoms with Crippen molar-refractivity contribution in [2.24, 2.45) is 0 Å². The maximum atomic E-state index is 12.1. The van der Waals surface area contributed by atoms with E-state index in [1.807, 2.05) is 54.6 Å². The summed E-state index contributed by atoms with van der Waals surface area (Å²) >= 11 is 1.18. The summed E-state index contributed by atoms with van der Waals surface area (Å²) in [5, 5.41) is 3.29. The summed E-state index contributed by atoms with van der Waals surface area (Å²) in [6.07, 6.45) is 0.282. The standard InChI is InChI=1S/C17H15N3O2S/c1-22-14-9-7-12(8-10-14)11-15(21)18-17-19-16(20-23-17)13-5-3-2-4-6-13/h2-10H,11H2,1H3,(H,18,19,20,21). The fraction of sp³-hybridized carbons (Fsp3) is 0.118. The summed E-state index contributed by atoms with van der Waals surface area (Å²) in [7, 11) is 1.61. The van der Waals surface area contributed by atoms with Crippen LogP contribution < -0.4 is 10.1 Å². The molecule has 0 atom stereocenters. The maximum absolute atomic E-state index is 12.1. The third-order valence-electron chi connectivity index (χ3n) is 3.23. The zero-order valence-corrected chi connectivity index (χ0v) is 13.3. The van der Waals surface area contributed by atoms with Gasteiger partial charge in [-0.3, -0.25) is 4.79 Å². The molecule has 0 saturated carbocycles. The number of rotatable bonds is 5. The average molecular weight is 325 g/mol. The van der Waals surface area contributed by atoms with Gasteiger partial charge in [-0.2, -0.15) is 9.36 Å². The van der Waals surface area contributed by atoms with Crippen LogP contribution in [-0.2, 0) is 11.2 Å². The van der Waals surface area contributed by atoms with Crippen molar-refractivity contribution in [3.05, 3.63) is 60.2 Å². The third-order valence-corrected chi connectivity index (χ3v) is 3.86. The molecule has 0 fully saturated rings. The molecule has 0 aliphatic carbocycles. The normalized spacial score (nSPS) is 10.3. The van der Waals surface area contributed by atoms with Crippen LogP contribution >= 0.6 is 11.5 Å². The van der Waals surface area contributed by atoms with Crippen molar-refractivity contribution >= 4 is 22.6 Å². The Morgan fingerprint density at radius 1 is 1.13 bits per heavy atom. The van der Waals surface area contributed by atoms with E-state index in [0.717, 1.165) is 16.9 Å². The van der Waals surface area contributed by atoms with Gasteiger partial charge in [-0.05, 0) is 17.7 Å². The Morgan fingerprint density at radius 3 is 2.57 bits per heavy atom. The third kappa shape index (κ3) is 3.92. The first-order valence-electron chi connectivity index (χ1n) is 7.06. The van der Waals surface area contributed by atoms with Crippen molar-refractivity contribution in [2.45, 2.75) is 6.42 Å². The lowest BCUT2D eigenvalue weighted by Crippen LogP contribution is -2.14. The van der Waals surface area contributed by atoms with Gasteiger partial charge in [-0.1, -0.05) is 42.5 Å². The SMILES string of the molecule is COc1ccc(CC(=O)Nc2nc(-c3ccccc3)ns2)cc1. The number of carbonyl (C=O) groups is 1. The molecule has 1 heterocycles. The maximum Gasteiger partial charge on any atom is 0.230 e. The number of nitrogens with zero attached hydrogens (tertiary/aromatic N) is 2. The monoisotopic (exact) mass is 325 g/mol. The molecule has 6 heteroatoms. The van der Waals surface area contributed by atoms with Gasteiger partial charge in [-0.25, -0.2) is 0 Å². The molecule has 0 aliphatic rings. The second-order valence-corrected chi connectivity index (χ2v) is 5.61. The van der Waals surface area contributed by atoms with Gasteiger partial charge >= 0.3 is 0 Å². The predicted octanol–water partition coefficient (Wildman–Crippen LogP) is 3.39. The number of amides is 1. The van der Waals surface area contributed by atoms with Crippen molar-refractivity contribution in [1.82, 2.24) is 9.36 Å². The first-order valence-corrected chi connectivity index (χ1v) is 7.84. The topological polar surface area (TPSA) is 64.1 Å². The summed E-state index contributed by atoms with van der Waals surface area (Å²) in [6.45, 7) is 0. The summed E-state index contributed by atoms with van der Waals surface area (Å²) < 4.78 is 9.37. The fourth-order valence-electron chi connectivity index (χ4n) is 2.07. The van der Waals surface area contributed by atoms with Crippen LogP contribution in [0.2, 0.25) is 0 Å². The van der Waals surface area contributed by atoms with E-state index in [4.69, 9.17) is 4.74 Å². The molecule has 2 aromatic carbocycles. The minimum atomic E-state index is -0.120. The summed E-state index contributed by atoms with van der Waals surface area (Å²) in [4.78, 5) is 16.4. The molecule has 1 amide bonds. The Kier molecular flexibility index (Phi) is 4.63. The number of anilines is 1. The molecule has 0 aliphatic heterocycles. The Hall–Kier alpha value is -2.73. The molecule has 0 spiro atoms. The molecule has 0 bridgehead atoms. The summed E-state index contributed by atoms with van der Waals surface area (Å²) in [5.74, 6) is 1.27. The highest BCUT2D eigenvalue weighted by Gasteiger charge is 2.10. The number of ether oxygens (including phenoxy) is 1. The van der Waals surface area contributed by atoms with Crippen molar-refractivity contribution < 1.29 is 9.53 Å². The van der Waals surface area contributed by atoms with Crippen LogP contribution in [0.15, 0.2) is 54.6 Å². The Morgan fingerprint density at radius 2 is 1.87 bits per heavy atom. The van der Waals surface area contributed by atoms with Gasteiger partial charge in [-0.15, -0.1) is 0 Å². The second-order valence-electron chi connectivity index (χ2n) is 4.86. The smallest absolute Gasteiger partial charge is 0.230 e. The molecule has 3 aromatic rings. The molecular formula is C17H15N3O2S. The molecular weight excluding hydrogens is 310 g/mol. The molecule has 5 nitrogen and oxygen atoms in total. The van der Waals surface area contributed by atoms with Crippen LogP contribution in [0.25, 0.3) is 11.4 Å². The van der Waals surface area contributed by atoms with Gasteiger partial charge < -0.3 is 10.1 Å². The van der Waals surface area contributed by atoms with Gasteiger partial charge in [0, 0.05) is 17.1 Å². The van der Waals surface area contributed by atoms with Crippen molar-refractivity contribution in [3.63, 3.8) is 0 Å². The van der Waals surface area contributed by atoms with Crippen LogP contribution in [0.5, 0.6) is 5.75 Å².